The molecule has 1 aliphatic rings. The van der Waals surface area contributed by atoms with Crippen LogP contribution >= 0.6 is 0 Å². The standard InChI is InChI=1S/C25H21N3O2.C11H12O3.C11H8O.C3H5N3/c1-17-22(24(29)30-16-18-8-3-2-4-9-18)23(28-15-14-26-25(28)27-17)21-13-7-11-19-10-5-6-12-20(19)21;1-9(12)7-11(13)14-8-10-5-3-2-4-6-10;12-8-10-6-3-5-9-4-1-2-7-11(9)10;4-3-5-1-2-6-3/h2-15,23H,16H2,1H3,(H,26,27);2-6H,7-8H2,1H3;1-8H;1-2H,(H3,4,5,6). The Bertz CT molecular complexity index is 2760. The highest BCUT2D eigenvalue weighted by Gasteiger charge is 2.34. The number of hydrogen-bond acceptors (Lipinski definition) is 10. The number of nitrogen functional groups attached to an aromatic ring is 1. The zero-order valence-corrected chi connectivity index (χ0v) is 34.3. The van der Waals surface area contributed by atoms with Gasteiger partial charge < -0.3 is 30.1 Å². The Morgan fingerprint density at radius 1 is 0.710 bits per heavy atom. The van der Waals surface area contributed by atoms with Gasteiger partial charge in [0.1, 0.15) is 25.4 Å². The maximum atomic E-state index is 13.3. The summed E-state index contributed by atoms with van der Waals surface area (Å²) in [6, 6.07) is 46.7. The van der Waals surface area contributed by atoms with Crippen LogP contribution in [0.5, 0.6) is 0 Å². The summed E-state index contributed by atoms with van der Waals surface area (Å²) in [7, 11) is 0. The number of rotatable bonds is 9. The van der Waals surface area contributed by atoms with Crippen LogP contribution in [-0.4, -0.2) is 43.5 Å². The number of Topliss-reactive ketones (excluding diaryl/α,β-unsaturated/α-hetero) is 1. The fourth-order valence-corrected chi connectivity index (χ4v) is 6.68. The zero-order valence-electron chi connectivity index (χ0n) is 34.3. The van der Waals surface area contributed by atoms with Crippen LogP contribution in [0.3, 0.4) is 0 Å². The maximum absolute atomic E-state index is 13.3. The van der Waals surface area contributed by atoms with Crippen LogP contribution in [-0.2, 0) is 37.1 Å². The summed E-state index contributed by atoms with van der Waals surface area (Å²) < 4.78 is 12.6. The van der Waals surface area contributed by atoms with E-state index in [1.54, 1.807) is 18.6 Å². The summed E-state index contributed by atoms with van der Waals surface area (Å²) in [6.07, 6.45) is 7.66. The number of aromatic nitrogens is 4. The van der Waals surface area contributed by atoms with E-state index in [1.807, 2.05) is 139 Å². The van der Waals surface area contributed by atoms with Crippen molar-refractivity contribution < 1.29 is 28.7 Å². The minimum atomic E-state index is -0.471. The van der Waals surface area contributed by atoms with Gasteiger partial charge in [0.2, 0.25) is 5.95 Å². The van der Waals surface area contributed by atoms with Gasteiger partial charge in [0.05, 0.1) is 11.6 Å². The smallest absolute Gasteiger partial charge is 0.338 e. The van der Waals surface area contributed by atoms with Gasteiger partial charge in [-0.2, -0.15) is 0 Å². The van der Waals surface area contributed by atoms with Gasteiger partial charge in [-0.15, -0.1) is 0 Å². The first-order valence-electron chi connectivity index (χ1n) is 19.8. The van der Waals surface area contributed by atoms with E-state index in [2.05, 4.69) is 44.5 Å². The largest absolute Gasteiger partial charge is 0.460 e. The lowest BCUT2D eigenvalue weighted by molar-refractivity contribution is -0.147. The number of imidazole rings is 2. The number of nitrogens with zero attached hydrogens (tertiary/aromatic N) is 3. The van der Waals surface area contributed by atoms with Crippen LogP contribution < -0.4 is 11.1 Å². The molecular formula is C50H46N6O6. The lowest BCUT2D eigenvalue weighted by Crippen LogP contribution is -2.28. The van der Waals surface area contributed by atoms with Crippen LogP contribution in [0.4, 0.5) is 11.9 Å². The minimum absolute atomic E-state index is 0.146. The molecule has 0 aliphatic carbocycles. The number of aldehydes is 1. The third kappa shape index (κ3) is 11.8. The molecule has 0 radical (unpaired) electrons. The zero-order chi connectivity index (χ0) is 43.7. The van der Waals surface area contributed by atoms with E-state index in [-0.39, 0.29) is 37.4 Å². The van der Waals surface area contributed by atoms with Gasteiger partial charge >= 0.3 is 11.9 Å². The maximum Gasteiger partial charge on any atom is 0.338 e. The highest BCUT2D eigenvalue weighted by Crippen LogP contribution is 2.39. The molecule has 6 aromatic carbocycles. The van der Waals surface area contributed by atoms with E-state index < -0.39 is 5.97 Å². The lowest BCUT2D eigenvalue weighted by Gasteiger charge is -2.30. The second-order valence-corrected chi connectivity index (χ2v) is 14.0. The average molecular weight is 827 g/mol. The third-order valence-corrected chi connectivity index (χ3v) is 9.58. The molecule has 2 aromatic heterocycles. The second-order valence-electron chi connectivity index (χ2n) is 14.0. The van der Waals surface area contributed by atoms with Gasteiger partial charge in [-0.1, -0.05) is 146 Å². The number of carbonyl (C=O) groups excluding carboxylic acids is 4. The topological polar surface area (TPSA) is 171 Å². The van der Waals surface area contributed by atoms with Crippen molar-refractivity contribution in [1.29, 1.82) is 0 Å². The van der Waals surface area contributed by atoms with Crippen molar-refractivity contribution >= 4 is 57.4 Å². The lowest BCUT2D eigenvalue weighted by atomic mass is 9.91. The Morgan fingerprint density at radius 3 is 1.89 bits per heavy atom. The van der Waals surface area contributed by atoms with E-state index in [1.165, 1.54) is 6.92 Å². The Balaban J connectivity index is 0.000000165. The fourth-order valence-electron chi connectivity index (χ4n) is 6.68. The van der Waals surface area contributed by atoms with Crippen molar-refractivity contribution in [2.24, 2.45) is 0 Å². The van der Waals surface area contributed by atoms with Gasteiger partial charge in [0, 0.05) is 36.0 Å². The first-order chi connectivity index (χ1) is 30.2. The second kappa shape index (κ2) is 21.8. The molecule has 0 saturated carbocycles. The highest BCUT2D eigenvalue weighted by molar-refractivity contribution is 5.98. The molecular weight excluding hydrogens is 781 g/mol. The molecule has 4 N–H and O–H groups in total. The van der Waals surface area contributed by atoms with Crippen molar-refractivity contribution in [2.75, 3.05) is 11.1 Å². The number of benzene rings is 6. The number of nitrogens with one attached hydrogen (secondary N) is 2. The van der Waals surface area contributed by atoms with E-state index in [9.17, 15) is 19.2 Å². The first-order valence-corrected chi connectivity index (χ1v) is 19.8. The molecule has 0 bridgehead atoms. The van der Waals surface area contributed by atoms with Gasteiger partial charge in [-0.05, 0) is 52.1 Å². The molecule has 3 heterocycles. The van der Waals surface area contributed by atoms with Crippen LogP contribution in [0.15, 0.2) is 182 Å². The van der Waals surface area contributed by atoms with E-state index in [0.29, 0.717) is 17.5 Å². The predicted octanol–water partition coefficient (Wildman–Crippen LogP) is 9.42. The highest BCUT2D eigenvalue weighted by atomic mass is 16.5. The van der Waals surface area contributed by atoms with Crippen molar-refractivity contribution in [1.82, 2.24) is 19.5 Å². The Hall–Kier alpha value is -8.12. The first kappa shape index (κ1) is 43.5. The number of allylic oxidation sites excluding steroid dienone is 1. The van der Waals surface area contributed by atoms with Crippen molar-refractivity contribution in [2.45, 2.75) is 39.5 Å². The Kier molecular flexibility index (Phi) is 15.3. The van der Waals surface area contributed by atoms with Crippen LogP contribution in [0, 0.1) is 0 Å². The Morgan fingerprint density at radius 2 is 1.29 bits per heavy atom. The number of ketones is 1. The van der Waals surface area contributed by atoms with Crippen LogP contribution in [0.1, 0.15) is 53.4 Å². The van der Waals surface area contributed by atoms with Gasteiger partial charge in [-0.3, -0.25) is 14.4 Å². The van der Waals surface area contributed by atoms with Crippen LogP contribution in [0.25, 0.3) is 21.5 Å². The summed E-state index contributed by atoms with van der Waals surface area (Å²) in [4.78, 5) is 56.2. The molecule has 1 atom stereocenters. The summed E-state index contributed by atoms with van der Waals surface area (Å²) >= 11 is 0. The molecule has 9 rings (SSSR count). The number of fused-ring (bicyclic) bond motifs is 3. The average Bonchev–Trinajstić information content (AvgIpc) is 3.99. The number of carbonyl (C=O) groups is 4. The molecule has 12 heteroatoms. The number of hydrogen-bond donors (Lipinski definition) is 3. The van der Waals surface area contributed by atoms with E-state index in [0.717, 1.165) is 55.8 Å². The summed E-state index contributed by atoms with van der Waals surface area (Å²) in [5, 5.41) is 7.62. The van der Waals surface area contributed by atoms with Gasteiger partial charge in [-0.25, -0.2) is 14.8 Å². The molecule has 12 nitrogen and oxygen atoms in total. The number of esters is 2. The number of aromatic amines is 1. The predicted molar refractivity (Wildman–Crippen MR) is 241 cm³/mol. The number of ether oxygens (including phenoxy) is 2. The van der Waals surface area contributed by atoms with Gasteiger partial charge in [0.25, 0.3) is 0 Å². The molecule has 0 saturated heterocycles. The molecule has 1 unspecified atom stereocenters. The summed E-state index contributed by atoms with van der Waals surface area (Å²) in [5.41, 5.74) is 10.1. The molecule has 8 aromatic rings. The van der Waals surface area contributed by atoms with Gasteiger partial charge in [0.15, 0.2) is 12.2 Å². The minimum Gasteiger partial charge on any atom is -0.460 e. The monoisotopic (exact) mass is 826 g/mol. The molecule has 0 fully saturated rings. The SMILES string of the molecule is CC(=O)CC(=O)OCc1ccccc1.CC1=C(C(=O)OCc2ccccc2)C(c2cccc3ccccc23)n2ccnc2N1.Nc1ncc[nH]1.O=Cc1cccc2ccccc12. The van der Waals surface area contributed by atoms with Crippen molar-refractivity contribution in [3.8, 4) is 0 Å². The van der Waals surface area contributed by atoms with E-state index in [4.69, 9.17) is 15.2 Å². The van der Waals surface area contributed by atoms with Crippen molar-refractivity contribution in [3.05, 3.63) is 204 Å². The molecule has 0 spiro atoms. The third-order valence-electron chi connectivity index (χ3n) is 9.58. The number of H-pyrrole nitrogens is 1. The van der Waals surface area contributed by atoms with E-state index >= 15 is 0 Å². The number of anilines is 2. The summed E-state index contributed by atoms with van der Waals surface area (Å²) in [5.74, 6) is 0.200. The fraction of sp³-hybridized carbons (Fsp3) is 0.120. The summed E-state index contributed by atoms with van der Waals surface area (Å²) in [6.45, 7) is 3.72. The number of nitrogens with two attached hydrogens (primary N) is 1. The van der Waals surface area contributed by atoms with Crippen molar-refractivity contribution in [3.63, 3.8) is 0 Å². The molecule has 1 aliphatic heterocycles. The Labute approximate surface area is 359 Å². The molecule has 62 heavy (non-hydrogen) atoms. The quantitative estimate of drug-likeness (QED) is 0.0723. The normalized spacial score (nSPS) is 12.5. The molecule has 0 amide bonds. The molecule has 312 valence electrons. The van der Waals surface area contributed by atoms with Crippen LogP contribution in [0.2, 0.25) is 0 Å².